The monoisotopic (exact) mass is 250 g/mol. The van der Waals surface area contributed by atoms with Gasteiger partial charge in [0, 0.05) is 6.04 Å². The molecule has 1 aromatic rings. The van der Waals surface area contributed by atoms with Crippen LogP contribution in [-0.4, -0.2) is 24.4 Å². The molecule has 0 aliphatic carbocycles. The largest absolute Gasteiger partial charge is 0.494 e. The highest BCUT2D eigenvalue weighted by atomic mass is 16.5. The minimum atomic E-state index is 0.117. The van der Waals surface area contributed by atoms with Crippen LogP contribution < -0.4 is 15.6 Å². The Morgan fingerprint density at radius 2 is 1.94 bits per heavy atom. The van der Waals surface area contributed by atoms with Crippen LogP contribution in [0.4, 0.5) is 0 Å². The molecule has 0 saturated carbocycles. The Morgan fingerprint density at radius 3 is 2.50 bits per heavy atom. The minimum Gasteiger partial charge on any atom is -0.494 e. The first-order valence-electron chi connectivity index (χ1n) is 6.61. The molecule has 1 fully saturated rings. The highest BCUT2D eigenvalue weighted by Crippen LogP contribution is 2.29. The molecule has 3 N–H and O–H groups in total. The van der Waals surface area contributed by atoms with Crippen LogP contribution in [-0.2, 0) is 0 Å². The van der Waals surface area contributed by atoms with Crippen LogP contribution in [0.2, 0.25) is 0 Å². The lowest BCUT2D eigenvalue weighted by Crippen LogP contribution is -2.34. The highest BCUT2D eigenvalue weighted by Gasteiger charge is 2.32. The molecule has 0 bridgehead atoms. The lowest BCUT2D eigenvalue weighted by Gasteiger charge is -2.17. The molecule has 100 valence electrons. The number of ether oxygens (including phenoxy) is 1. The van der Waals surface area contributed by atoms with E-state index in [4.69, 9.17) is 4.74 Å². The fourth-order valence-corrected chi connectivity index (χ4v) is 2.28. The summed E-state index contributed by atoms with van der Waals surface area (Å²) in [7, 11) is 0. The molecule has 1 heterocycles. The molecular formula is C14H22N2O2. The fraction of sp³-hybridized carbons (Fsp3) is 0.571. The zero-order valence-electron chi connectivity index (χ0n) is 11.0. The second-order valence-electron chi connectivity index (χ2n) is 4.83. The van der Waals surface area contributed by atoms with Gasteiger partial charge in [-0.25, -0.2) is 5.43 Å². The van der Waals surface area contributed by atoms with Gasteiger partial charge in [0.1, 0.15) is 5.75 Å². The van der Waals surface area contributed by atoms with E-state index in [9.17, 15) is 5.11 Å². The smallest absolute Gasteiger partial charge is 0.119 e. The molecular weight excluding hydrogens is 228 g/mol. The van der Waals surface area contributed by atoms with E-state index in [1.165, 1.54) is 5.56 Å². The third-order valence-electron chi connectivity index (χ3n) is 3.49. The summed E-state index contributed by atoms with van der Waals surface area (Å²) < 4.78 is 5.57. The Bertz CT molecular complexity index is 367. The van der Waals surface area contributed by atoms with Gasteiger partial charge in [0.05, 0.1) is 19.3 Å². The van der Waals surface area contributed by atoms with Gasteiger partial charge in [-0.1, -0.05) is 26.0 Å². The second kappa shape index (κ2) is 6.18. The third kappa shape index (κ3) is 2.83. The number of benzene rings is 1. The first kappa shape index (κ1) is 13.3. The van der Waals surface area contributed by atoms with Gasteiger partial charge in [-0.15, -0.1) is 0 Å². The molecule has 1 aromatic carbocycles. The van der Waals surface area contributed by atoms with Crippen LogP contribution in [0, 0.1) is 5.92 Å². The quantitative estimate of drug-likeness (QED) is 0.743. The average molecular weight is 250 g/mol. The lowest BCUT2D eigenvalue weighted by atomic mass is 9.91. The summed E-state index contributed by atoms with van der Waals surface area (Å²) in [5.41, 5.74) is 7.58. The summed E-state index contributed by atoms with van der Waals surface area (Å²) in [6.45, 7) is 5.15. The van der Waals surface area contributed by atoms with Crippen molar-refractivity contribution in [2.24, 2.45) is 5.92 Å². The summed E-state index contributed by atoms with van der Waals surface area (Å²) in [6, 6.07) is 8.53. The van der Waals surface area contributed by atoms with Gasteiger partial charge < -0.3 is 9.84 Å². The van der Waals surface area contributed by atoms with E-state index in [1.807, 2.05) is 12.1 Å². The summed E-state index contributed by atoms with van der Waals surface area (Å²) >= 11 is 0. The Kier molecular flexibility index (Phi) is 4.58. The zero-order chi connectivity index (χ0) is 13.0. The first-order chi connectivity index (χ1) is 8.76. The molecule has 3 atom stereocenters. The maximum absolute atomic E-state index is 9.22. The number of hydrazine groups is 1. The Balaban J connectivity index is 2.01. The number of rotatable bonds is 5. The van der Waals surface area contributed by atoms with Crippen molar-refractivity contribution >= 4 is 0 Å². The minimum absolute atomic E-state index is 0.117. The van der Waals surface area contributed by atoms with E-state index in [1.54, 1.807) is 0 Å². The molecule has 1 aliphatic heterocycles. The van der Waals surface area contributed by atoms with Crippen molar-refractivity contribution in [3.8, 4) is 5.75 Å². The maximum Gasteiger partial charge on any atom is 0.119 e. The molecule has 18 heavy (non-hydrogen) atoms. The van der Waals surface area contributed by atoms with Gasteiger partial charge in [-0.2, -0.15) is 0 Å². The molecule has 2 rings (SSSR count). The van der Waals surface area contributed by atoms with E-state index in [0.29, 0.717) is 5.92 Å². The van der Waals surface area contributed by atoms with Gasteiger partial charge in [0.2, 0.25) is 0 Å². The van der Waals surface area contributed by atoms with E-state index >= 15 is 0 Å². The van der Waals surface area contributed by atoms with Gasteiger partial charge in [0.15, 0.2) is 0 Å². The van der Waals surface area contributed by atoms with Gasteiger partial charge >= 0.3 is 0 Å². The molecule has 0 amide bonds. The van der Waals surface area contributed by atoms with Gasteiger partial charge in [-0.05, 0) is 30.0 Å². The van der Waals surface area contributed by atoms with E-state index < -0.39 is 0 Å². The van der Waals surface area contributed by atoms with E-state index in [0.717, 1.165) is 18.8 Å². The zero-order valence-corrected chi connectivity index (χ0v) is 11.0. The summed E-state index contributed by atoms with van der Waals surface area (Å²) in [5, 5.41) is 9.22. The Labute approximate surface area is 108 Å². The number of aliphatic hydroxyl groups is 1. The van der Waals surface area contributed by atoms with Crippen molar-refractivity contribution in [1.82, 2.24) is 10.9 Å². The van der Waals surface area contributed by atoms with Crippen LogP contribution in [0.3, 0.4) is 0 Å². The number of hydrogen-bond acceptors (Lipinski definition) is 4. The molecule has 1 saturated heterocycles. The van der Waals surface area contributed by atoms with Crippen molar-refractivity contribution in [2.45, 2.75) is 32.4 Å². The van der Waals surface area contributed by atoms with Crippen LogP contribution in [0.1, 0.15) is 31.9 Å². The molecule has 0 spiro atoms. The average Bonchev–Trinajstić information content (AvgIpc) is 2.78. The van der Waals surface area contributed by atoms with Crippen molar-refractivity contribution in [3.63, 3.8) is 0 Å². The van der Waals surface area contributed by atoms with Crippen molar-refractivity contribution < 1.29 is 9.84 Å². The second-order valence-corrected chi connectivity index (χ2v) is 4.83. The molecule has 3 unspecified atom stereocenters. The Morgan fingerprint density at radius 1 is 1.22 bits per heavy atom. The normalized spacial score (nSPS) is 27.4. The number of nitrogens with one attached hydrogen (secondary N) is 2. The molecule has 1 aliphatic rings. The summed E-state index contributed by atoms with van der Waals surface area (Å²) in [4.78, 5) is 0. The highest BCUT2D eigenvalue weighted by molar-refractivity contribution is 5.30. The molecule has 4 heteroatoms. The van der Waals surface area contributed by atoms with Crippen molar-refractivity contribution in [1.29, 1.82) is 0 Å². The maximum atomic E-state index is 9.22. The summed E-state index contributed by atoms with van der Waals surface area (Å²) in [6.07, 6.45) is 1.02. The van der Waals surface area contributed by atoms with Gasteiger partial charge in [0.25, 0.3) is 0 Å². The van der Waals surface area contributed by atoms with E-state index in [-0.39, 0.29) is 18.7 Å². The lowest BCUT2D eigenvalue weighted by molar-refractivity contribution is 0.228. The topological polar surface area (TPSA) is 53.5 Å². The first-order valence-corrected chi connectivity index (χ1v) is 6.61. The SMILES string of the molecule is CCCOc1ccc(C2NNC(CO)C2C)cc1. The van der Waals surface area contributed by atoms with Crippen LogP contribution in [0.5, 0.6) is 5.75 Å². The summed E-state index contributed by atoms with van der Waals surface area (Å²) in [5.74, 6) is 1.27. The van der Waals surface area contributed by atoms with Crippen molar-refractivity contribution in [3.05, 3.63) is 29.8 Å². The van der Waals surface area contributed by atoms with E-state index in [2.05, 4.69) is 36.8 Å². The Hall–Kier alpha value is -1.10. The standard InChI is InChI=1S/C14H22N2O2/c1-3-8-18-12-6-4-11(5-7-12)14-10(2)13(9-17)15-16-14/h4-7,10,13-17H,3,8-9H2,1-2H3. The third-order valence-corrected chi connectivity index (χ3v) is 3.49. The van der Waals surface area contributed by atoms with Crippen molar-refractivity contribution in [2.75, 3.05) is 13.2 Å². The number of hydrogen-bond donors (Lipinski definition) is 3. The van der Waals surface area contributed by atoms with Gasteiger partial charge in [-0.3, -0.25) is 5.43 Å². The predicted molar refractivity (Wildman–Crippen MR) is 71.3 cm³/mol. The molecule has 0 aromatic heterocycles. The van der Waals surface area contributed by atoms with Crippen LogP contribution in [0.25, 0.3) is 0 Å². The number of aliphatic hydroxyl groups excluding tert-OH is 1. The molecule has 0 radical (unpaired) electrons. The van der Waals surface area contributed by atoms with Crippen LogP contribution >= 0.6 is 0 Å². The fourth-order valence-electron chi connectivity index (χ4n) is 2.28. The molecule has 4 nitrogen and oxygen atoms in total. The predicted octanol–water partition coefficient (Wildman–Crippen LogP) is 1.62. The van der Waals surface area contributed by atoms with Crippen LogP contribution in [0.15, 0.2) is 24.3 Å².